The maximum Gasteiger partial charge on any atom is 0.490 e. The van der Waals surface area contributed by atoms with Gasteiger partial charge >= 0.3 is 24.3 Å². The highest BCUT2D eigenvalue weighted by atomic mass is 19.4. The Labute approximate surface area is 201 Å². The molecule has 4 rings (SSSR count). The molecular formula is C22H24F6N2O6. The fourth-order valence-corrected chi connectivity index (χ4v) is 3.98. The van der Waals surface area contributed by atoms with Gasteiger partial charge < -0.3 is 19.7 Å². The first-order valence-electron chi connectivity index (χ1n) is 10.4. The average Bonchev–Trinajstić information content (AvgIpc) is 3.29. The number of carboxylic acid groups (broad SMARTS) is 2. The number of fused-ring (bicyclic) bond motifs is 2. The maximum absolute atomic E-state index is 10.6. The third kappa shape index (κ3) is 8.03. The van der Waals surface area contributed by atoms with Crippen molar-refractivity contribution < 1.29 is 55.6 Å². The molecule has 0 saturated carbocycles. The van der Waals surface area contributed by atoms with E-state index in [4.69, 9.17) is 34.3 Å². The standard InChI is InChI=1S/C18H22N2O2.2C2HF3O2/c1-21-12-18-11-20(8-15(18)10-22-13-18)9-16-7-6-14-4-2-3-5-17(14)19-16;2*3-2(4,5)1(6)7/h2-7,15H,8-13H2,1H3;2*(H,6,7)/t15-,18-;;/m1../s1. The molecular weight excluding hydrogens is 502 g/mol. The van der Waals surface area contributed by atoms with E-state index in [2.05, 4.69) is 35.2 Å². The van der Waals surface area contributed by atoms with E-state index in [1.165, 1.54) is 5.39 Å². The number of hydrogen-bond donors (Lipinski definition) is 2. The molecule has 2 aliphatic rings. The lowest BCUT2D eigenvalue weighted by Crippen LogP contribution is -2.35. The summed E-state index contributed by atoms with van der Waals surface area (Å²) in [4.78, 5) is 25.1. The Kier molecular flexibility index (Phi) is 9.63. The topological polar surface area (TPSA) is 109 Å². The summed E-state index contributed by atoms with van der Waals surface area (Å²) in [6, 6.07) is 12.6. The van der Waals surface area contributed by atoms with Crippen LogP contribution in [0, 0.1) is 11.3 Å². The predicted molar refractivity (Wildman–Crippen MR) is 113 cm³/mol. The molecule has 1 aromatic carbocycles. The van der Waals surface area contributed by atoms with Gasteiger partial charge in [0.25, 0.3) is 0 Å². The van der Waals surface area contributed by atoms with Crippen molar-refractivity contribution >= 4 is 22.8 Å². The van der Waals surface area contributed by atoms with Gasteiger partial charge in [-0.25, -0.2) is 9.59 Å². The van der Waals surface area contributed by atoms with Crippen molar-refractivity contribution in [3.05, 3.63) is 42.1 Å². The summed E-state index contributed by atoms with van der Waals surface area (Å²) in [6.07, 6.45) is -10.2. The minimum absolute atomic E-state index is 0.186. The Morgan fingerprint density at radius 2 is 1.67 bits per heavy atom. The van der Waals surface area contributed by atoms with E-state index in [0.29, 0.717) is 5.92 Å². The maximum atomic E-state index is 10.6. The van der Waals surface area contributed by atoms with E-state index in [0.717, 1.165) is 50.7 Å². The normalized spacial score (nSPS) is 21.7. The van der Waals surface area contributed by atoms with Gasteiger partial charge in [0.2, 0.25) is 0 Å². The molecule has 8 nitrogen and oxygen atoms in total. The lowest BCUT2D eigenvalue weighted by atomic mass is 9.82. The number of ether oxygens (including phenoxy) is 2. The van der Waals surface area contributed by atoms with Crippen LogP contribution in [0.5, 0.6) is 0 Å². The van der Waals surface area contributed by atoms with Crippen LogP contribution in [0.3, 0.4) is 0 Å². The van der Waals surface area contributed by atoms with Gasteiger partial charge in [-0.2, -0.15) is 26.3 Å². The number of halogens is 6. The molecule has 2 saturated heterocycles. The summed E-state index contributed by atoms with van der Waals surface area (Å²) in [5.74, 6) is -4.92. The van der Waals surface area contributed by atoms with Crippen LogP contribution in [0.15, 0.2) is 36.4 Å². The summed E-state index contributed by atoms with van der Waals surface area (Å²) in [5.41, 5.74) is 2.41. The third-order valence-corrected chi connectivity index (χ3v) is 5.55. The molecule has 3 heterocycles. The first-order valence-corrected chi connectivity index (χ1v) is 10.4. The highest BCUT2D eigenvalue weighted by molar-refractivity contribution is 5.78. The van der Waals surface area contributed by atoms with E-state index in [9.17, 15) is 26.3 Å². The number of aromatic nitrogens is 1. The first-order chi connectivity index (χ1) is 16.7. The van der Waals surface area contributed by atoms with E-state index < -0.39 is 24.3 Å². The SMILES string of the molecule is COC[C@]12COC[C@H]1CN(Cc1ccc3ccccc3n1)C2.O=C(O)C(F)(F)F.O=C(O)C(F)(F)F. The summed E-state index contributed by atoms with van der Waals surface area (Å²) < 4.78 is 74.6. The lowest BCUT2D eigenvalue weighted by molar-refractivity contribution is -0.193. The Morgan fingerprint density at radius 3 is 2.22 bits per heavy atom. The molecule has 2 atom stereocenters. The van der Waals surface area contributed by atoms with Crippen molar-refractivity contribution in [1.82, 2.24) is 9.88 Å². The summed E-state index contributed by atoms with van der Waals surface area (Å²) in [6.45, 7) is 5.52. The van der Waals surface area contributed by atoms with Crippen molar-refractivity contribution in [2.24, 2.45) is 11.3 Å². The minimum Gasteiger partial charge on any atom is -0.475 e. The van der Waals surface area contributed by atoms with Gasteiger partial charge in [0.15, 0.2) is 0 Å². The number of aliphatic carboxylic acids is 2. The van der Waals surface area contributed by atoms with Crippen LogP contribution in [-0.4, -0.2) is 84.4 Å². The zero-order valence-electron chi connectivity index (χ0n) is 19.0. The van der Waals surface area contributed by atoms with Crippen molar-refractivity contribution in [2.75, 3.05) is 40.0 Å². The number of methoxy groups -OCH3 is 1. The third-order valence-electron chi connectivity index (χ3n) is 5.55. The number of para-hydroxylation sites is 1. The quantitative estimate of drug-likeness (QED) is 0.582. The fraction of sp³-hybridized carbons (Fsp3) is 0.500. The van der Waals surface area contributed by atoms with Crippen LogP contribution in [0.4, 0.5) is 26.3 Å². The molecule has 0 unspecified atom stereocenters. The number of hydrogen-bond acceptors (Lipinski definition) is 6. The summed E-state index contributed by atoms with van der Waals surface area (Å²) in [5, 5.41) is 15.5. The molecule has 0 bridgehead atoms. The van der Waals surface area contributed by atoms with E-state index in [1.807, 2.05) is 6.07 Å². The van der Waals surface area contributed by atoms with Crippen molar-refractivity contribution in [3.8, 4) is 0 Å². The van der Waals surface area contributed by atoms with E-state index in [1.54, 1.807) is 7.11 Å². The number of nitrogens with zero attached hydrogens (tertiary/aromatic N) is 2. The van der Waals surface area contributed by atoms with Crippen LogP contribution in [-0.2, 0) is 25.6 Å². The summed E-state index contributed by atoms with van der Waals surface area (Å²) >= 11 is 0. The number of carbonyl (C=O) groups is 2. The second-order valence-electron chi connectivity index (χ2n) is 8.28. The highest BCUT2D eigenvalue weighted by Crippen LogP contribution is 2.41. The van der Waals surface area contributed by atoms with Crippen LogP contribution >= 0.6 is 0 Å². The Balaban J connectivity index is 0.000000271. The smallest absolute Gasteiger partial charge is 0.475 e. The van der Waals surface area contributed by atoms with E-state index in [-0.39, 0.29) is 5.41 Å². The predicted octanol–water partition coefficient (Wildman–Crippen LogP) is 3.60. The minimum atomic E-state index is -5.08. The molecule has 0 spiro atoms. The molecule has 2 N–H and O–H groups in total. The van der Waals surface area contributed by atoms with Crippen LogP contribution in [0.1, 0.15) is 5.69 Å². The van der Waals surface area contributed by atoms with Crippen molar-refractivity contribution in [1.29, 1.82) is 0 Å². The van der Waals surface area contributed by atoms with Gasteiger partial charge in [-0.3, -0.25) is 9.88 Å². The second kappa shape index (κ2) is 11.8. The number of carboxylic acids is 2. The Bertz CT molecular complexity index is 1020. The number of benzene rings is 1. The van der Waals surface area contributed by atoms with Crippen molar-refractivity contribution in [2.45, 2.75) is 18.9 Å². The molecule has 1 aromatic heterocycles. The molecule has 14 heteroatoms. The van der Waals surface area contributed by atoms with Gasteiger partial charge in [0, 0.05) is 43.5 Å². The largest absolute Gasteiger partial charge is 0.490 e. The lowest BCUT2D eigenvalue weighted by Gasteiger charge is -2.26. The molecule has 0 radical (unpaired) electrons. The zero-order chi connectivity index (χ0) is 27.1. The number of likely N-dealkylation sites (tertiary alicyclic amines) is 1. The van der Waals surface area contributed by atoms with Gasteiger partial charge in [-0.15, -0.1) is 0 Å². The van der Waals surface area contributed by atoms with Crippen LogP contribution in [0.25, 0.3) is 10.9 Å². The second-order valence-corrected chi connectivity index (χ2v) is 8.28. The first kappa shape index (κ1) is 29.3. The molecule has 0 amide bonds. The number of alkyl halides is 6. The summed E-state index contributed by atoms with van der Waals surface area (Å²) in [7, 11) is 1.79. The van der Waals surface area contributed by atoms with Crippen LogP contribution in [0.2, 0.25) is 0 Å². The average molecular weight is 526 g/mol. The Morgan fingerprint density at radius 1 is 1.08 bits per heavy atom. The van der Waals surface area contributed by atoms with Crippen LogP contribution < -0.4 is 0 Å². The molecule has 0 aliphatic carbocycles. The van der Waals surface area contributed by atoms with Gasteiger partial charge in [-0.05, 0) is 12.1 Å². The fourth-order valence-electron chi connectivity index (χ4n) is 3.98. The number of pyridine rings is 1. The van der Waals surface area contributed by atoms with Gasteiger partial charge in [0.1, 0.15) is 0 Å². The Hall–Kier alpha value is -2.97. The highest BCUT2D eigenvalue weighted by Gasteiger charge is 2.50. The molecule has 2 aliphatic heterocycles. The molecule has 36 heavy (non-hydrogen) atoms. The van der Waals surface area contributed by atoms with E-state index >= 15 is 0 Å². The molecule has 2 fully saturated rings. The molecule has 2 aromatic rings. The van der Waals surface area contributed by atoms with Gasteiger partial charge in [-0.1, -0.05) is 24.3 Å². The number of rotatable bonds is 4. The van der Waals surface area contributed by atoms with Crippen molar-refractivity contribution in [3.63, 3.8) is 0 Å². The molecule has 200 valence electrons. The monoisotopic (exact) mass is 526 g/mol. The van der Waals surface area contributed by atoms with Gasteiger partial charge in [0.05, 0.1) is 31.0 Å². The zero-order valence-corrected chi connectivity index (χ0v) is 19.0.